The van der Waals surface area contributed by atoms with Gasteiger partial charge in [0, 0.05) is 20.7 Å². The summed E-state index contributed by atoms with van der Waals surface area (Å²) >= 11 is 0. The van der Waals surface area contributed by atoms with Crippen molar-refractivity contribution in [2.45, 2.75) is 26.0 Å². The van der Waals surface area contributed by atoms with Gasteiger partial charge < -0.3 is 25.0 Å². The summed E-state index contributed by atoms with van der Waals surface area (Å²) in [5.41, 5.74) is -0.181. The summed E-state index contributed by atoms with van der Waals surface area (Å²) in [7, 11) is 3.56. The van der Waals surface area contributed by atoms with Crippen molar-refractivity contribution in [1.29, 1.82) is 0 Å². The molecule has 2 rings (SSSR count). The number of ether oxygens (including phenoxy) is 1. The van der Waals surface area contributed by atoms with E-state index >= 15 is 0 Å². The zero-order chi connectivity index (χ0) is 19.0. The van der Waals surface area contributed by atoms with Crippen LogP contribution < -0.4 is 10.6 Å². The maximum absolute atomic E-state index is 10.7. The van der Waals surface area contributed by atoms with E-state index in [2.05, 4.69) is 25.8 Å². The molecule has 0 spiro atoms. The lowest BCUT2D eigenvalue weighted by Crippen LogP contribution is -2.45. The highest BCUT2D eigenvalue weighted by Crippen LogP contribution is 2.18. The van der Waals surface area contributed by atoms with Crippen LogP contribution in [-0.4, -0.2) is 52.6 Å². The van der Waals surface area contributed by atoms with Crippen molar-refractivity contribution in [3.63, 3.8) is 0 Å². The van der Waals surface area contributed by atoms with Crippen molar-refractivity contribution in [2.75, 3.05) is 26.8 Å². The number of methoxy groups -OCH3 is 1. The number of hydrogen-bond acceptors (Lipinski definition) is 5. The predicted octanol–water partition coefficient (Wildman–Crippen LogP) is 0.713. The molecule has 0 bridgehead atoms. The number of benzene rings is 1. The van der Waals surface area contributed by atoms with Crippen LogP contribution >= 0.6 is 0 Å². The van der Waals surface area contributed by atoms with Gasteiger partial charge in [0.25, 0.3) is 0 Å². The Bertz CT molecular complexity index is 712. The summed E-state index contributed by atoms with van der Waals surface area (Å²) in [5.74, 6) is 2.19. The molecule has 8 nitrogen and oxygen atoms in total. The highest BCUT2D eigenvalue weighted by molar-refractivity contribution is 5.79. The summed E-state index contributed by atoms with van der Waals surface area (Å²) in [5, 5.41) is 25.3. The molecule has 1 unspecified atom stereocenters. The SMILES string of the molecule is COCCNC(=NCc1nnc(C)n1C)NCC(C)(O)c1ccccc1. The van der Waals surface area contributed by atoms with Gasteiger partial charge in [-0.1, -0.05) is 30.3 Å². The Morgan fingerprint density at radius 2 is 2.00 bits per heavy atom. The summed E-state index contributed by atoms with van der Waals surface area (Å²) < 4.78 is 6.97. The molecule has 0 saturated heterocycles. The minimum absolute atomic E-state index is 0.313. The van der Waals surface area contributed by atoms with Crippen molar-refractivity contribution < 1.29 is 9.84 Å². The van der Waals surface area contributed by atoms with E-state index in [-0.39, 0.29) is 0 Å². The smallest absolute Gasteiger partial charge is 0.191 e. The number of hydrogen-bond donors (Lipinski definition) is 3. The van der Waals surface area contributed by atoms with Gasteiger partial charge in [0.15, 0.2) is 11.8 Å². The number of nitrogens with zero attached hydrogens (tertiary/aromatic N) is 4. The standard InChI is InChI=1S/C18H28N6O2/c1-14-22-23-16(24(14)3)12-20-17(19-10-11-26-4)21-13-18(2,25)15-8-6-5-7-9-15/h5-9,25H,10-13H2,1-4H3,(H2,19,20,21). The number of rotatable bonds is 8. The van der Waals surface area contributed by atoms with Crippen molar-refractivity contribution in [3.05, 3.63) is 47.5 Å². The van der Waals surface area contributed by atoms with Gasteiger partial charge in [0.2, 0.25) is 0 Å². The topological polar surface area (TPSA) is 96.6 Å². The van der Waals surface area contributed by atoms with Gasteiger partial charge in [-0.05, 0) is 19.4 Å². The zero-order valence-corrected chi connectivity index (χ0v) is 15.9. The second-order valence-corrected chi connectivity index (χ2v) is 6.30. The first-order valence-electron chi connectivity index (χ1n) is 8.58. The fourth-order valence-corrected chi connectivity index (χ4v) is 2.34. The number of aliphatic hydroxyl groups is 1. The molecule has 0 aliphatic carbocycles. The molecule has 0 saturated carbocycles. The predicted molar refractivity (Wildman–Crippen MR) is 101 cm³/mol. The summed E-state index contributed by atoms with van der Waals surface area (Å²) in [6.45, 7) is 5.52. The third kappa shape index (κ3) is 5.53. The van der Waals surface area contributed by atoms with E-state index in [9.17, 15) is 5.11 Å². The molecule has 2 aromatic rings. The Hall–Kier alpha value is -2.45. The van der Waals surface area contributed by atoms with Gasteiger partial charge in [0.05, 0.1) is 13.2 Å². The van der Waals surface area contributed by atoms with Gasteiger partial charge in [-0.2, -0.15) is 0 Å². The van der Waals surface area contributed by atoms with Crippen LogP contribution in [0.5, 0.6) is 0 Å². The molecule has 26 heavy (non-hydrogen) atoms. The van der Waals surface area contributed by atoms with E-state index in [1.54, 1.807) is 14.0 Å². The average molecular weight is 360 g/mol. The Morgan fingerprint density at radius 3 is 2.62 bits per heavy atom. The zero-order valence-electron chi connectivity index (χ0n) is 15.9. The normalized spacial score (nSPS) is 14.1. The largest absolute Gasteiger partial charge is 0.384 e. The van der Waals surface area contributed by atoms with Crippen molar-refractivity contribution in [2.24, 2.45) is 12.0 Å². The summed E-state index contributed by atoms with van der Waals surface area (Å²) in [6.07, 6.45) is 0. The molecule has 1 aromatic carbocycles. The molecular weight excluding hydrogens is 332 g/mol. The maximum atomic E-state index is 10.7. The Balaban J connectivity index is 2.04. The van der Waals surface area contributed by atoms with Crippen LogP contribution in [0.25, 0.3) is 0 Å². The first kappa shape index (κ1) is 19.9. The minimum atomic E-state index is -1.02. The van der Waals surface area contributed by atoms with E-state index in [4.69, 9.17) is 4.74 Å². The van der Waals surface area contributed by atoms with Gasteiger partial charge >= 0.3 is 0 Å². The van der Waals surface area contributed by atoms with Crippen LogP contribution in [0.1, 0.15) is 24.1 Å². The first-order chi connectivity index (χ1) is 12.4. The molecule has 1 atom stereocenters. The maximum Gasteiger partial charge on any atom is 0.191 e. The lowest BCUT2D eigenvalue weighted by atomic mass is 9.96. The Morgan fingerprint density at radius 1 is 1.27 bits per heavy atom. The highest BCUT2D eigenvalue weighted by Gasteiger charge is 2.23. The highest BCUT2D eigenvalue weighted by atomic mass is 16.5. The fourth-order valence-electron chi connectivity index (χ4n) is 2.34. The summed E-state index contributed by atoms with van der Waals surface area (Å²) in [4.78, 5) is 4.54. The quantitative estimate of drug-likeness (QED) is 0.365. The van der Waals surface area contributed by atoms with Gasteiger partial charge in [-0.3, -0.25) is 0 Å². The van der Waals surface area contributed by atoms with E-state index < -0.39 is 5.60 Å². The third-order valence-corrected chi connectivity index (χ3v) is 4.16. The monoisotopic (exact) mass is 360 g/mol. The van der Waals surface area contributed by atoms with Crippen LogP contribution in [0.3, 0.4) is 0 Å². The number of guanidine groups is 1. The van der Waals surface area contributed by atoms with Gasteiger partial charge in [-0.15, -0.1) is 10.2 Å². The minimum Gasteiger partial charge on any atom is -0.384 e. The third-order valence-electron chi connectivity index (χ3n) is 4.16. The van der Waals surface area contributed by atoms with Crippen LogP contribution in [0.4, 0.5) is 0 Å². The molecule has 1 heterocycles. The van der Waals surface area contributed by atoms with Gasteiger partial charge in [-0.25, -0.2) is 4.99 Å². The number of aliphatic imine (C=N–C) groups is 1. The van der Waals surface area contributed by atoms with E-state index in [1.807, 2.05) is 48.9 Å². The van der Waals surface area contributed by atoms with E-state index in [1.165, 1.54) is 0 Å². The fraction of sp³-hybridized carbons (Fsp3) is 0.500. The lowest BCUT2D eigenvalue weighted by molar-refractivity contribution is 0.0616. The van der Waals surface area contributed by atoms with Crippen molar-refractivity contribution in [1.82, 2.24) is 25.4 Å². The molecule has 3 N–H and O–H groups in total. The molecule has 1 aromatic heterocycles. The van der Waals surface area contributed by atoms with Crippen molar-refractivity contribution in [3.8, 4) is 0 Å². The number of nitrogens with one attached hydrogen (secondary N) is 2. The number of aromatic nitrogens is 3. The molecule has 142 valence electrons. The second-order valence-electron chi connectivity index (χ2n) is 6.30. The first-order valence-corrected chi connectivity index (χ1v) is 8.58. The van der Waals surface area contributed by atoms with Crippen molar-refractivity contribution >= 4 is 5.96 Å². The molecule has 0 fully saturated rings. The Kier molecular flexibility index (Phi) is 7.11. The molecular formula is C18H28N6O2. The lowest BCUT2D eigenvalue weighted by Gasteiger charge is -2.25. The van der Waals surface area contributed by atoms with Crippen LogP contribution in [0, 0.1) is 6.92 Å². The molecule has 8 heteroatoms. The average Bonchev–Trinajstić information content (AvgIpc) is 2.96. The van der Waals surface area contributed by atoms with E-state index in [0.717, 1.165) is 17.2 Å². The van der Waals surface area contributed by atoms with Crippen LogP contribution in [0.15, 0.2) is 35.3 Å². The molecule has 0 aliphatic heterocycles. The Labute approximate surface area is 154 Å². The number of aryl methyl sites for hydroxylation is 1. The second kappa shape index (κ2) is 9.30. The molecule has 0 amide bonds. The summed E-state index contributed by atoms with van der Waals surface area (Å²) in [6, 6.07) is 9.55. The van der Waals surface area contributed by atoms with E-state index in [0.29, 0.717) is 32.2 Å². The molecule has 0 aliphatic rings. The van der Waals surface area contributed by atoms with Crippen LogP contribution in [-0.2, 0) is 23.9 Å². The molecule has 0 radical (unpaired) electrons. The van der Waals surface area contributed by atoms with Crippen LogP contribution in [0.2, 0.25) is 0 Å². The van der Waals surface area contributed by atoms with Gasteiger partial charge in [0.1, 0.15) is 18.0 Å².